The third-order valence-electron chi connectivity index (χ3n) is 8.34. The first-order valence-corrected chi connectivity index (χ1v) is 16.2. The van der Waals surface area contributed by atoms with E-state index in [2.05, 4.69) is 102 Å². The van der Waals surface area contributed by atoms with Gasteiger partial charge >= 0.3 is 0 Å². The molecule has 0 atom stereocenters. The van der Waals surface area contributed by atoms with Crippen molar-refractivity contribution in [2.24, 2.45) is 17.8 Å². The van der Waals surface area contributed by atoms with Crippen LogP contribution in [0.2, 0.25) is 0 Å². The van der Waals surface area contributed by atoms with Crippen LogP contribution in [-0.4, -0.2) is 15.9 Å². The quantitative estimate of drug-likeness (QED) is 0.110. The summed E-state index contributed by atoms with van der Waals surface area (Å²) >= 11 is 0. The van der Waals surface area contributed by atoms with Gasteiger partial charge < -0.3 is 5.11 Å². The number of aliphatic hydroxyl groups is 1. The van der Waals surface area contributed by atoms with Crippen LogP contribution in [0.25, 0.3) is 33.3 Å². The number of rotatable bonds is 8. The fourth-order valence-corrected chi connectivity index (χ4v) is 6.29. The zero-order valence-corrected chi connectivity index (χ0v) is 31.2. The largest absolute Gasteiger partial charge is 0.512 e. The molecule has 1 aliphatic carbocycles. The normalized spacial score (nSPS) is 13.4. The van der Waals surface area contributed by atoms with Crippen molar-refractivity contribution < 1.29 is 30.0 Å². The first kappa shape index (κ1) is 36.4. The molecule has 0 amide bonds. The number of carbonyl (C=O) groups is 1. The number of allylic oxidation sites excluding steroid dienone is 2. The van der Waals surface area contributed by atoms with Crippen molar-refractivity contribution in [3.05, 3.63) is 100 Å². The Morgan fingerprint density at radius 3 is 2.18 bits per heavy atom. The van der Waals surface area contributed by atoms with Gasteiger partial charge in [0.25, 0.3) is 0 Å². The second-order valence-corrected chi connectivity index (χ2v) is 14.3. The van der Waals surface area contributed by atoms with E-state index in [0.29, 0.717) is 30.6 Å². The van der Waals surface area contributed by atoms with Gasteiger partial charge in [0.1, 0.15) is 0 Å². The Hall–Kier alpha value is -3.07. The van der Waals surface area contributed by atoms with Crippen LogP contribution < -0.4 is 0 Å². The molecule has 3 nitrogen and oxygen atoms in total. The summed E-state index contributed by atoms with van der Waals surface area (Å²) in [5.41, 5.74) is 12.5. The van der Waals surface area contributed by atoms with Gasteiger partial charge in [-0.25, -0.2) is 0 Å². The predicted octanol–water partition coefficient (Wildman–Crippen LogP) is 10.9. The first-order chi connectivity index (χ1) is 20.7. The minimum atomic E-state index is -0.0125. The molecule has 0 fully saturated rings. The van der Waals surface area contributed by atoms with E-state index in [9.17, 15) is 9.90 Å². The Kier molecular flexibility index (Phi) is 12.1. The second-order valence-electron chi connectivity index (χ2n) is 14.3. The van der Waals surface area contributed by atoms with Crippen molar-refractivity contribution in [3.63, 3.8) is 0 Å². The number of aryl methyl sites for hydroxylation is 2. The maximum Gasteiger partial charge on any atom is 0.159 e. The van der Waals surface area contributed by atoms with Gasteiger partial charge in [-0.05, 0) is 69.8 Å². The van der Waals surface area contributed by atoms with Crippen molar-refractivity contribution in [2.75, 3.05) is 0 Å². The molecule has 4 aromatic rings. The molecule has 4 heteroatoms. The van der Waals surface area contributed by atoms with Crippen molar-refractivity contribution in [1.29, 1.82) is 0 Å². The maximum absolute atomic E-state index is 11.2. The van der Waals surface area contributed by atoms with Gasteiger partial charge in [-0.3, -0.25) is 9.78 Å². The molecular formula is C41H50IrNO2-. The van der Waals surface area contributed by atoms with Gasteiger partial charge in [-0.1, -0.05) is 99.6 Å². The summed E-state index contributed by atoms with van der Waals surface area (Å²) in [5.74, 6) is 1.56. The summed E-state index contributed by atoms with van der Waals surface area (Å²) in [4.78, 5) is 16.4. The van der Waals surface area contributed by atoms with Gasteiger partial charge in [0, 0.05) is 49.8 Å². The number of hydrogen-bond donors (Lipinski definition) is 1. The SMILES string of the molecule is CC(C)CC(=O)/C=C(\O)CC(C)C.Cc1[c-]c(-c2cc(CC(C)C)c3cc4c(cc3n2)C(C)(C)c2ccccc2-4)c(C)cc1.[Ir]. The van der Waals surface area contributed by atoms with Gasteiger partial charge in [0.2, 0.25) is 0 Å². The second kappa shape index (κ2) is 15.0. The number of aliphatic hydroxyl groups excluding tert-OH is 1. The van der Waals surface area contributed by atoms with Crippen LogP contribution in [0.15, 0.2) is 66.4 Å². The van der Waals surface area contributed by atoms with Crippen LogP contribution in [0.5, 0.6) is 0 Å². The van der Waals surface area contributed by atoms with Crippen molar-refractivity contribution in [1.82, 2.24) is 4.98 Å². The summed E-state index contributed by atoms with van der Waals surface area (Å²) in [6.45, 7) is 21.5. The molecule has 1 aliphatic rings. The number of fused-ring (bicyclic) bond motifs is 4. The van der Waals surface area contributed by atoms with E-state index in [4.69, 9.17) is 4.98 Å². The predicted molar refractivity (Wildman–Crippen MR) is 186 cm³/mol. The van der Waals surface area contributed by atoms with Crippen LogP contribution in [0.4, 0.5) is 0 Å². The third kappa shape index (κ3) is 8.60. The van der Waals surface area contributed by atoms with Gasteiger partial charge in [-0.15, -0.1) is 34.9 Å². The third-order valence-corrected chi connectivity index (χ3v) is 8.34. The van der Waals surface area contributed by atoms with E-state index in [1.54, 1.807) is 0 Å². The topological polar surface area (TPSA) is 50.2 Å². The molecule has 0 bridgehead atoms. The Morgan fingerprint density at radius 1 is 0.867 bits per heavy atom. The average molecular weight is 781 g/mol. The number of nitrogens with zero attached hydrogens (tertiary/aromatic N) is 1. The number of carbonyl (C=O) groups excluding carboxylic acids is 1. The van der Waals surface area contributed by atoms with E-state index in [-0.39, 0.29) is 37.1 Å². The maximum atomic E-state index is 11.2. The minimum absolute atomic E-state index is 0. The Bertz CT molecular complexity index is 1690. The molecule has 0 aliphatic heterocycles. The summed E-state index contributed by atoms with van der Waals surface area (Å²) in [5, 5.41) is 10.6. The Balaban J connectivity index is 0.000000338. The molecular weight excluding hydrogens is 731 g/mol. The molecule has 45 heavy (non-hydrogen) atoms. The van der Waals surface area contributed by atoms with E-state index in [1.807, 2.05) is 27.7 Å². The minimum Gasteiger partial charge on any atom is -0.512 e. The molecule has 1 N–H and O–H groups in total. The number of ketones is 1. The molecule has 5 rings (SSSR count). The van der Waals surface area contributed by atoms with Crippen LogP contribution in [-0.2, 0) is 36.7 Å². The van der Waals surface area contributed by atoms with Crippen LogP contribution in [0.1, 0.15) is 96.0 Å². The molecule has 1 heterocycles. The molecule has 0 unspecified atom stereocenters. The summed E-state index contributed by atoms with van der Waals surface area (Å²) < 4.78 is 0. The van der Waals surface area contributed by atoms with E-state index in [1.165, 1.54) is 44.8 Å². The molecule has 1 aromatic heterocycles. The van der Waals surface area contributed by atoms with Crippen molar-refractivity contribution in [3.8, 4) is 22.4 Å². The van der Waals surface area contributed by atoms with Crippen LogP contribution in [0.3, 0.4) is 0 Å². The van der Waals surface area contributed by atoms with Gasteiger partial charge in [0.05, 0.1) is 11.3 Å². The summed E-state index contributed by atoms with van der Waals surface area (Å²) in [6.07, 6.45) is 3.51. The molecule has 1 radical (unpaired) electrons. The summed E-state index contributed by atoms with van der Waals surface area (Å²) in [6, 6.07) is 23.8. The number of aromatic nitrogens is 1. The molecule has 3 aromatic carbocycles. The molecule has 0 saturated heterocycles. The number of benzene rings is 3. The standard InChI is InChI=1S/C30H30N.C11H20O2.Ir/c1-18(2)13-21-15-28(23-14-19(3)11-12-20(23)4)31-29-17-27-25(16-24(21)29)22-9-7-8-10-26(22)30(27,5)6;1-8(2)5-10(12)7-11(13)6-9(3)4;/h7-12,15-18H,13H2,1-6H3;7-9,12H,5-6H2,1-4H3;/q-1;;/b;10-7-;. The van der Waals surface area contributed by atoms with Crippen molar-refractivity contribution >= 4 is 16.7 Å². The van der Waals surface area contributed by atoms with Crippen molar-refractivity contribution in [2.45, 2.75) is 93.9 Å². The van der Waals surface area contributed by atoms with E-state index in [0.717, 1.165) is 28.8 Å². The molecule has 241 valence electrons. The Morgan fingerprint density at radius 2 is 1.53 bits per heavy atom. The van der Waals surface area contributed by atoms with Gasteiger partial charge in [0.15, 0.2) is 5.78 Å². The first-order valence-electron chi connectivity index (χ1n) is 16.2. The smallest absolute Gasteiger partial charge is 0.159 e. The van der Waals surface area contributed by atoms with Gasteiger partial charge in [-0.2, -0.15) is 0 Å². The fourth-order valence-electron chi connectivity index (χ4n) is 6.29. The summed E-state index contributed by atoms with van der Waals surface area (Å²) in [7, 11) is 0. The number of hydrogen-bond acceptors (Lipinski definition) is 3. The van der Waals surface area contributed by atoms with Crippen LogP contribution >= 0.6 is 0 Å². The molecule has 0 saturated carbocycles. The van der Waals surface area contributed by atoms with Crippen LogP contribution in [0, 0.1) is 37.7 Å². The average Bonchev–Trinajstić information content (AvgIpc) is 3.14. The fraction of sp³-hybridized carbons (Fsp3) is 0.415. The van der Waals surface area contributed by atoms with E-state index >= 15 is 0 Å². The number of pyridine rings is 1. The Labute approximate surface area is 284 Å². The zero-order valence-electron chi connectivity index (χ0n) is 28.8. The van der Waals surface area contributed by atoms with E-state index < -0.39 is 0 Å². The monoisotopic (exact) mass is 781 g/mol. The molecule has 0 spiro atoms. The zero-order chi connectivity index (χ0) is 32.3.